The molecule has 2 fully saturated rings. The number of benzene rings is 2. The normalized spacial score (nSPS) is 19.1. The number of aryl methyl sites for hydroxylation is 1. The van der Waals surface area contributed by atoms with Crippen LogP contribution in [0.1, 0.15) is 111 Å². The molecule has 4 nitrogen and oxygen atoms in total. The predicted octanol–water partition coefficient (Wildman–Crippen LogP) is 12.2. The number of rotatable bonds is 8. The van der Waals surface area contributed by atoms with Crippen LogP contribution < -0.4 is 5.19 Å². The molecular formula is C47H55IrN3OSi-2. The number of furan rings is 1. The first-order chi connectivity index (χ1) is 28.2. The minimum absolute atomic E-state index is 0. The van der Waals surface area contributed by atoms with E-state index in [2.05, 4.69) is 46.7 Å². The molecule has 4 heterocycles. The van der Waals surface area contributed by atoms with E-state index >= 15 is 0 Å². The summed E-state index contributed by atoms with van der Waals surface area (Å²) in [4.78, 5) is 13.3. The van der Waals surface area contributed by atoms with E-state index in [-0.39, 0.29) is 43.3 Å². The monoisotopic (exact) mass is 906 g/mol. The molecule has 0 amide bonds. The molecule has 6 aromatic rings. The van der Waals surface area contributed by atoms with Crippen LogP contribution >= 0.6 is 0 Å². The van der Waals surface area contributed by atoms with Crippen LogP contribution in [-0.2, 0) is 32.9 Å². The first kappa shape index (κ1) is 29.9. The van der Waals surface area contributed by atoms with Gasteiger partial charge in [-0.3, -0.25) is 0 Å². The van der Waals surface area contributed by atoms with Crippen molar-refractivity contribution in [3.05, 3.63) is 108 Å². The van der Waals surface area contributed by atoms with Gasteiger partial charge in [-0.05, 0) is 66.2 Å². The van der Waals surface area contributed by atoms with Gasteiger partial charge in [0.1, 0.15) is 0 Å². The third-order valence-corrected chi connectivity index (χ3v) is 12.2. The molecule has 0 atom stereocenters. The Labute approximate surface area is 343 Å². The average molecular weight is 906 g/mol. The molecule has 0 N–H and O–H groups in total. The van der Waals surface area contributed by atoms with Gasteiger partial charge >= 0.3 is 0 Å². The molecule has 2 aliphatic carbocycles. The van der Waals surface area contributed by atoms with Crippen LogP contribution in [0.25, 0.3) is 44.6 Å². The Bertz CT molecular complexity index is 2470. The van der Waals surface area contributed by atoms with Crippen molar-refractivity contribution in [1.82, 2.24) is 15.0 Å². The fraction of sp³-hybridized carbons (Fsp3) is 0.426. The SMILES string of the molecule is [2H]C([2H])([2H])c1ccc2c(n1)oc1c[c-]c(-c3cc(C([2H])([2H])C4CCCCC4)ccn3)cc12.[2H]C1(c2c[c-]c(-c3cc(C([2H])([2H])C(C)C)c([Si](C)(C)C)cn3)cc2)CCCC1.[Ir]. The molecule has 2 aromatic carbocycles. The molecular weight excluding hydrogens is 843 g/mol. The van der Waals surface area contributed by atoms with Gasteiger partial charge in [-0.15, -0.1) is 59.2 Å². The van der Waals surface area contributed by atoms with Crippen LogP contribution in [0.4, 0.5) is 0 Å². The molecule has 1 radical (unpaired) electrons. The van der Waals surface area contributed by atoms with Crippen LogP contribution in [0.3, 0.4) is 0 Å². The Kier molecular flexibility index (Phi) is 9.77. The van der Waals surface area contributed by atoms with Gasteiger partial charge < -0.3 is 14.4 Å². The minimum Gasteiger partial charge on any atom is -0.486 e. The van der Waals surface area contributed by atoms with Crippen molar-refractivity contribution in [2.24, 2.45) is 11.8 Å². The number of fused-ring (bicyclic) bond motifs is 3. The maximum absolute atomic E-state index is 8.76. The summed E-state index contributed by atoms with van der Waals surface area (Å²) < 4.78 is 72.0. The van der Waals surface area contributed by atoms with E-state index in [9.17, 15) is 0 Å². The fourth-order valence-corrected chi connectivity index (χ4v) is 8.83. The van der Waals surface area contributed by atoms with Gasteiger partial charge in [0.05, 0.1) is 13.7 Å². The first-order valence-electron chi connectivity index (χ1n) is 22.9. The van der Waals surface area contributed by atoms with Crippen molar-refractivity contribution in [2.75, 3.05) is 0 Å². The van der Waals surface area contributed by atoms with E-state index in [0.717, 1.165) is 95.3 Å². The zero-order valence-electron chi connectivity index (χ0n) is 39.5. The summed E-state index contributed by atoms with van der Waals surface area (Å²) in [7, 11) is -1.73. The number of nitrogens with zero attached hydrogens (tertiary/aromatic N) is 3. The second-order valence-corrected chi connectivity index (χ2v) is 20.7. The second-order valence-electron chi connectivity index (χ2n) is 15.7. The zero-order valence-corrected chi connectivity index (χ0v) is 34.9. The minimum atomic E-state index is -2.30. The zero-order chi connectivity index (χ0) is 43.3. The quantitative estimate of drug-likeness (QED) is 0.113. The predicted molar refractivity (Wildman–Crippen MR) is 220 cm³/mol. The summed E-state index contributed by atoms with van der Waals surface area (Å²) >= 11 is 0. The van der Waals surface area contributed by atoms with E-state index in [1.165, 1.54) is 12.5 Å². The third kappa shape index (κ3) is 9.63. The Hall–Kier alpha value is -3.44. The standard InChI is InChI=1S/C24H23N2O.C23H32NSi.Ir/c1-16-7-9-20-21-15-19(8-10-23(21)27-24(20)26-16)22-14-18(11-12-25-22)13-17-5-3-2-4-6-17;1-17(2)14-21-15-22(24-16-23(21)25(3,4)5)20-12-10-19(11-13-20)18-8-6-7-9-18;/h7,9-12,14-15,17H,2-6,13H2,1H3;10-12,15-18H,6-9,14H2,1-5H3;/q2*-1;/i1D3,13D2;14D2,18D;. The topological polar surface area (TPSA) is 51.8 Å². The molecule has 4 aromatic heterocycles. The van der Waals surface area contributed by atoms with E-state index in [0.29, 0.717) is 16.8 Å². The van der Waals surface area contributed by atoms with E-state index < -0.39 is 33.6 Å². The van der Waals surface area contributed by atoms with Crippen LogP contribution in [0.5, 0.6) is 0 Å². The number of aromatic nitrogens is 3. The van der Waals surface area contributed by atoms with Gasteiger partial charge in [0, 0.05) is 54.5 Å². The van der Waals surface area contributed by atoms with Crippen LogP contribution in [0.15, 0.2) is 77.5 Å². The van der Waals surface area contributed by atoms with E-state index in [1.54, 1.807) is 24.4 Å². The summed E-state index contributed by atoms with van der Waals surface area (Å²) in [6, 6.07) is 24.8. The van der Waals surface area contributed by atoms with Crippen molar-refractivity contribution in [2.45, 2.75) is 117 Å². The van der Waals surface area contributed by atoms with Gasteiger partial charge in [0.25, 0.3) is 0 Å². The fourth-order valence-electron chi connectivity index (χ4n) is 7.42. The maximum atomic E-state index is 8.76. The molecule has 2 aliphatic rings. The summed E-state index contributed by atoms with van der Waals surface area (Å²) in [6.07, 6.45) is 10.00. The van der Waals surface area contributed by atoms with Crippen molar-refractivity contribution in [1.29, 1.82) is 0 Å². The van der Waals surface area contributed by atoms with Crippen LogP contribution in [0.2, 0.25) is 19.6 Å². The number of hydrogen-bond donors (Lipinski definition) is 0. The van der Waals surface area contributed by atoms with Gasteiger partial charge in [-0.25, -0.2) is 4.98 Å². The largest absolute Gasteiger partial charge is 0.486 e. The molecule has 0 bridgehead atoms. The van der Waals surface area contributed by atoms with Gasteiger partial charge in [0.2, 0.25) is 5.71 Å². The number of hydrogen-bond acceptors (Lipinski definition) is 4. The summed E-state index contributed by atoms with van der Waals surface area (Å²) in [6.45, 7) is 8.28. The third-order valence-electron chi connectivity index (χ3n) is 10.1. The Morgan fingerprint density at radius 1 is 0.868 bits per heavy atom. The molecule has 0 unspecified atom stereocenters. The van der Waals surface area contributed by atoms with Crippen LogP contribution in [-0.4, -0.2) is 23.0 Å². The average Bonchev–Trinajstić information content (AvgIpc) is 3.84. The molecule has 279 valence electrons. The number of pyridine rings is 3. The maximum Gasteiger partial charge on any atom is 0.216 e. The molecule has 8 rings (SSSR count). The van der Waals surface area contributed by atoms with Crippen LogP contribution in [0, 0.1) is 30.8 Å². The van der Waals surface area contributed by atoms with Crippen molar-refractivity contribution in [3.8, 4) is 22.5 Å². The Morgan fingerprint density at radius 3 is 2.34 bits per heavy atom. The summed E-state index contributed by atoms with van der Waals surface area (Å²) in [5.74, 6) is -0.561. The molecule has 53 heavy (non-hydrogen) atoms. The van der Waals surface area contributed by atoms with Crippen molar-refractivity contribution in [3.63, 3.8) is 0 Å². The summed E-state index contributed by atoms with van der Waals surface area (Å²) in [5, 5.41) is 2.60. The van der Waals surface area contributed by atoms with Gasteiger partial charge in [-0.2, -0.15) is 0 Å². The van der Waals surface area contributed by atoms with Gasteiger partial charge in [-0.1, -0.05) is 126 Å². The summed E-state index contributed by atoms with van der Waals surface area (Å²) in [5.41, 5.74) is 6.28. The second kappa shape index (κ2) is 17.4. The van der Waals surface area contributed by atoms with E-state index in [4.69, 9.17) is 15.4 Å². The Morgan fingerprint density at radius 2 is 1.62 bits per heavy atom. The van der Waals surface area contributed by atoms with Gasteiger partial charge in [0.15, 0.2) is 0 Å². The smallest absolute Gasteiger partial charge is 0.216 e. The molecule has 2 saturated carbocycles. The van der Waals surface area contributed by atoms with Crippen molar-refractivity contribution < 1.29 is 35.5 Å². The first-order valence-corrected chi connectivity index (χ1v) is 22.4. The van der Waals surface area contributed by atoms with Crippen molar-refractivity contribution >= 4 is 35.3 Å². The molecule has 6 heteroatoms. The Balaban J connectivity index is 0.000000203. The molecule has 0 aliphatic heterocycles. The molecule has 0 saturated heterocycles. The molecule has 0 spiro atoms. The van der Waals surface area contributed by atoms with E-state index in [1.807, 2.05) is 56.4 Å².